The Morgan fingerprint density at radius 3 is 2.42 bits per heavy atom. The molecule has 0 saturated heterocycles. The third kappa shape index (κ3) is 6.58. The number of primary amides is 1. The number of alkyl halides is 3. The highest BCUT2D eigenvalue weighted by Crippen LogP contribution is 2.32. The third-order valence-corrected chi connectivity index (χ3v) is 1.43. The van der Waals surface area contributed by atoms with Crippen molar-refractivity contribution in [2.75, 3.05) is 0 Å². The number of carbonyl (C=O) groups excluding carboxylic acids is 1. The molecule has 0 aliphatic heterocycles. The Balaban J connectivity index is 4.00. The second kappa shape index (κ2) is 4.80. The molecule has 6 heteroatoms. The first-order valence-electron chi connectivity index (χ1n) is 3.00. The van der Waals surface area contributed by atoms with Crippen LogP contribution in [0.1, 0.15) is 6.42 Å². The van der Waals surface area contributed by atoms with E-state index in [4.69, 9.17) is 40.5 Å². The van der Waals surface area contributed by atoms with Crippen LogP contribution in [0.25, 0.3) is 0 Å². The number of ether oxygens (including phenoxy) is 1. The summed E-state index contributed by atoms with van der Waals surface area (Å²) in [6.07, 6.45) is -0.222. The molecule has 3 nitrogen and oxygen atoms in total. The van der Waals surface area contributed by atoms with E-state index < -0.39 is 16.0 Å². The van der Waals surface area contributed by atoms with Gasteiger partial charge in [-0.3, -0.25) is 0 Å². The molecule has 0 aromatic carbocycles. The Morgan fingerprint density at radius 1 is 1.67 bits per heavy atom. The van der Waals surface area contributed by atoms with Gasteiger partial charge in [-0.15, -0.1) is 0 Å². The van der Waals surface area contributed by atoms with Gasteiger partial charge in [-0.2, -0.15) is 0 Å². The van der Waals surface area contributed by atoms with Gasteiger partial charge in [0.25, 0.3) is 0 Å². The lowest BCUT2D eigenvalue weighted by molar-refractivity contribution is 0.126. The molecule has 0 bridgehead atoms. The zero-order chi connectivity index (χ0) is 9.78. The molecule has 12 heavy (non-hydrogen) atoms. The molecule has 0 heterocycles. The zero-order valence-corrected chi connectivity index (χ0v) is 8.36. The van der Waals surface area contributed by atoms with Gasteiger partial charge in [0.05, 0.1) is 0 Å². The summed E-state index contributed by atoms with van der Waals surface area (Å²) in [6.45, 7) is 3.39. The number of carbonyl (C=O) groups is 1. The topological polar surface area (TPSA) is 52.3 Å². The van der Waals surface area contributed by atoms with E-state index in [-0.39, 0.29) is 6.42 Å². The van der Waals surface area contributed by atoms with E-state index in [0.717, 1.165) is 0 Å². The number of nitrogens with two attached hydrogens (primary N) is 1. The first-order valence-corrected chi connectivity index (χ1v) is 4.14. The van der Waals surface area contributed by atoms with Gasteiger partial charge in [0.1, 0.15) is 6.10 Å². The van der Waals surface area contributed by atoms with Gasteiger partial charge in [-0.25, -0.2) is 4.79 Å². The molecule has 1 unspecified atom stereocenters. The van der Waals surface area contributed by atoms with Crippen LogP contribution in [-0.2, 0) is 4.74 Å². The summed E-state index contributed by atoms with van der Waals surface area (Å²) in [6, 6.07) is 0. The lowest BCUT2D eigenvalue weighted by Crippen LogP contribution is -2.24. The van der Waals surface area contributed by atoms with Gasteiger partial charge in [0.15, 0.2) is 3.79 Å². The van der Waals surface area contributed by atoms with Crippen LogP contribution in [-0.4, -0.2) is 16.0 Å². The molecule has 0 aromatic heterocycles. The molecule has 1 amide bonds. The van der Waals surface area contributed by atoms with Crippen LogP contribution in [0, 0.1) is 0 Å². The van der Waals surface area contributed by atoms with Crippen molar-refractivity contribution in [3.63, 3.8) is 0 Å². The maximum absolute atomic E-state index is 10.3. The van der Waals surface area contributed by atoms with Gasteiger partial charge < -0.3 is 10.5 Å². The third-order valence-electron chi connectivity index (χ3n) is 0.963. The Kier molecular flexibility index (Phi) is 4.75. The average Bonchev–Trinajstić information content (AvgIpc) is 1.82. The molecular weight excluding hydrogens is 224 g/mol. The maximum atomic E-state index is 10.3. The smallest absolute Gasteiger partial charge is 0.405 e. The van der Waals surface area contributed by atoms with Crippen LogP contribution in [0.5, 0.6) is 0 Å². The molecule has 2 N–H and O–H groups in total. The first kappa shape index (κ1) is 11.9. The monoisotopic (exact) mass is 231 g/mol. The van der Waals surface area contributed by atoms with Gasteiger partial charge in [-0.1, -0.05) is 47.5 Å². The summed E-state index contributed by atoms with van der Waals surface area (Å²) in [5, 5.41) is 0. The number of rotatable bonds is 3. The number of hydrogen-bond acceptors (Lipinski definition) is 2. The zero-order valence-electron chi connectivity index (χ0n) is 6.10. The van der Waals surface area contributed by atoms with Gasteiger partial charge >= 0.3 is 6.09 Å². The van der Waals surface area contributed by atoms with E-state index in [1.54, 1.807) is 0 Å². The van der Waals surface area contributed by atoms with Gasteiger partial charge in [0, 0.05) is 6.42 Å². The highest BCUT2D eigenvalue weighted by molar-refractivity contribution is 6.67. The Hall–Kier alpha value is -0.120. The predicted molar refractivity (Wildman–Crippen MR) is 49.6 cm³/mol. The largest absolute Gasteiger partial charge is 0.442 e. The predicted octanol–water partition coefficient (Wildman–Crippen LogP) is 2.40. The van der Waals surface area contributed by atoms with Crippen LogP contribution in [0.15, 0.2) is 12.7 Å². The molecule has 0 aromatic rings. The van der Waals surface area contributed by atoms with Crippen molar-refractivity contribution in [1.29, 1.82) is 0 Å². The van der Waals surface area contributed by atoms with E-state index in [0.29, 0.717) is 0 Å². The molecule has 0 aliphatic carbocycles. The van der Waals surface area contributed by atoms with E-state index >= 15 is 0 Å². The minimum absolute atomic E-state index is 0.0319. The lowest BCUT2D eigenvalue weighted by atomic mass is 10.3. The normalized spacial score (nSPS) is 13.6. The van der Waals surface area contributed by atoms with Crippen LogP contribution < -0.4 is 5.73 Å². The second-order valence-corrected chi connectivity index (χ2v) is 4.55. The van der Waals surface area contributed by atoms with Crippen LogP contribution >= 0.6 is 34.8 Å². The molecule has 0 rings (SSSR count). The van der Waals surface area contributed by atoms with Crippen molar-refractivity contribution >= 4 is 40.9 Å². The molecule has 70 valence electrons. The Labute approximate surface area is 85.4 Å². The fourth-order valence-corrected chi connectivity index (χ4v) is 1.01. The van der Waals surface area contributed by atoms with E-state index in [1.165, 1.54) is 6.08 Å². The van der Waals surface area contributed by atoms with Crippen molar-refractivity contribution in [2.45, 2.75) is 16.3 Å². The van der Waals surface area contributed by atoms with Crippen LogP contribution in [0.2, 0.25) is 0 Å². The highest BCUT2D eigenvalue weighted by Gasteiger charge is 2.25. The van der Waals surface area contributed by atoms with Crippen molar-refractivity contribution in [3.8, 4) is 0 Å². The molecule has 0 spiro atoms. The summed E-state index contributed by atoms with van der Waals surface area (Å²) >= 11 is 16.3. The standard InChI is InChI=1S/C6H8Cl3NO2/c1-2-4(12-5(10)11)3-6(7,8)9/h2,4H,1,3H2,(H2,10,11). The van der Waals surface area contributed by atoms with E-state index in [1.807, 2.05) is 0 Å². The second-order valence-electron chi connectivity index (χ2n) is 2.03. The highest BCUT2D eigenvalue weighted by atomic mass is 35.6. The number of hydrogen-bond donors (Lipinski definition) is 1. The van der Waals surface area contributed by atoms with Crippen LogP contribution in [0.3, 0.4) is 0 Å². The summed E-state index contributed by atoms with van der Waals surface area (Å²) in [7, 11) is 0. The van der Waals surface area contributed by atoms with Crippen molar-refractivity contribution in [1.82, 2.24) is 0 Å². The Bertz CT molecular complexity index is 178. The maximum Gasteiger partial charge on any atom is 0.405 e. The van der Waals surface area contributed by atoms with Crippen molar-refractivity contribution in [3.05, 3.63) is 12.7 Å². The fraction of sp³-hybridized carbons (Fsp3) is 0.500. The lowest BCUT2D eigenvalue weighted by Gasteiger charge is -2.17. The quantitative estimate of drug-likeness (QED) is 0.600. The summed E-state index contributed by atoms with van der Waals surface area (Å²) in [4.78, 5) is 10.3. The van der Waals surface area contributed by atoms with E-state index in [2.05, 4.69) is 11.3 Å². The molecule has 1 atom stereocenters. The molecule has 0 radical (unpaired) electrons. The molecule has 0 aliphatic rings. The fourth-order valence-electron chi connectivity index (χ4n) is 0.550. The Morgan fingerprint density at radius 2 is 2.17 bits per heavy atom. The van der Waals surface area contributed by atoms with Crippen molar-refractivity contribution in [2.24, 2.45) is 5.73 Å². The molecular formula is C6H8Cl3NO2. The summed E-state index contributed by atoms with van der Waals surface area (Å²) < 4.78 is 3.07. The van der Waals surface area contributed by atoms with Crippen LogP contribution in [0.4, 0.5) is 4.79 Å². The number of halogens is 3. The number of amides is 1. The van der Waals surface area contributed by atoms with Crippen molar-refractivity contribution < 1.29 is 9.53 Å². The minimum Gasteiger partial charge on any atom is -0.442 e. The van der Waals surface area contributed by atoms with E-state index in [9.17, 15) is 4.79 Å². The van der Waals surface area contributed by atoms with Gasteiger partial charge in [-0.05, 0) is 0 Å². The average molecular weight is 232 g/mol. The first-order chi connectivity index (χ1) is 5.35. The minimum atomic E-state index is -1.48. The SMILES string of the molecule is C=CC(CC(Cl)(Cl)Cl)OC(N)=O. The molecule has 0 saturated carbocycles. The summed E-state index contributed by atoms with van der Waals surface area (Å²) in [5.41, 5.74) is 4.75. The van der Waals surface area contributed by atoms with Gasteiger partial charge in [0.2, 0.25) is 0 Å². The summed E-state index contributed by atoms with van der Waals surface area (Å²) in [5.74, 6) is 0. The molecule has 0 fully saturated rings.